The van der Waals surface area contributed by atoms with Crippen LogP contribution in [0.1, 0.15) is 19.8 Å². The molecular weight excluding hydrogens is 206 g/mol. The van der Waals surface area contributed by atoms with Crippen LogP contribution in [0, 0.1) is 5.92 Å². The molecule has 0 aromatic heterocycles. The molecule has 5 heteroatoms. The topological polar surface area (TPSA) is 55.4 Å². The molecule has 1 aliphatic carbocycles. The predicted octanol–water partition coefficient (Wildman–Crippen LogP) is 0.434. The van der Waals surface area contributed by atoms with Crippen molar-refractivity contribution in [3.63, 3.8) is 0 Å². The highest BCUT2D eigenvalue weighted by Gasteiger charge is 2.47. The van der Waals surface area contributed by atoms with E-state index >= 15 is 0 Å². The SMILES string of the molecule is CC(=O)N[C@H]1C[C@H]2C[C@@H](OC2=O)[C@H]1Cl. The van der Waals surface area contributed by atoms with Crippen molar-refractivity contribution in [1.82, 2.24) is 5.32 Å². The van der Waals surface area contributed by atoms with Crippen molar-refractivity contribution in [3.8, 4) is 0 Å². The van der Waals surface area contributed by atoms with E-state index in [0.717, 1.165) is 0 Å². The molecule has 78 valence electrons. The number of hydrogen-bond donors (Lipinski definition) is 1. The first kappa shape index (κ1) is 9.77. The van der Waals surface area contributed by atoms with Crippen molar-refractivity contribution in [2.75, 3.05) is 0 Å². The number of esters is 1. The molecule has 0 aromatic rings. The first-order valence-corrected chi connectivity index (χ1v) is 5.13. The summed E-state index contributed by atoms with van der Waals surface area (Å²) in [7, 11) is 0. The lowest BCUT2D eigenvalue weighted by molar-refractivity contribution is -0.143. The molecule has 1 N–H and O–H groups in total. The standard InChI is InChI=1S/C9H12ClNO3/c1-4(12)11-6-2-5-3-7(8(6)10)14-9(5)13/h5-8H,2-3H2,1H3,(H,11,12)/t5-,6-,7+,8-/m0/s1. The Balaban J connectivity index is 2.07. The molecule has 0 spiro atoms. The fourth-order valence-corrected chi connectivity index (χ4v) is 2.47. The zero-order valence-corrected chi connectivity index (χ0v) is 8.58. The third-order valence-electron chi connectivity index (χ3n) is 2.78. The van der Waals surface area contributed by atoms with E-state index in [9.17, 15) is 9.59 Å². The predicted molar refractivity (Wildman–Crippen MR) is 49.8 cm³/mol. The minimum Gasteiger partial charge on any atom is -0.460 e. The molecule has 2 aliphatic rings. The van der Waals surface area contributed by atoms with E-state index < -0.39 is 0 Å². The van der Waals surface area contributed by atoms with Crippen LogP contribution in [0.25, 0.3) is 0 Å². The summed E-state index contributed by atoms with van der Waals surface area (Å²) in [6, 6.07) is -0.135. The second-order valence-electron chi connectivity index (χ2n) is 3.90. The molecule has 1 heterocycles. The van der Waals surface area contributed by atoms with E-state index in [-0.39, 0.29) is 35.3 Å². The zero-order chi connectivity index (χ0) is 10.3. The number of ether oxygens (including phenoxy) is 1. The second kappa shape index (κ2) is 3.42. The quantitative estimate of drug-likeness (QED) is 0.512. The lowest BCUT2D eigenvalue weighted by atomic mass is 9.86. The van der Waals surface area contributed by atoms with Crippen molar-refractivity contribution < 1.29 is 14.3 Å². The molecule has 1 saturated heterocycles. The van der Waals surface area contributed by atoms with Gasteiger partial charge in [-0.25, -0.2) is 0 Å². The molecule has 0 radical (unpaired) electrons. The van der Waals surface area contributed by atoms with Gasteiger partial charge in [0.2, 0.25) is 5.91 Å². The molecule has 1 amide bonds. The van der Waals surface area contributed by atoms with Crippen LogP contribution in [0.15, 0.2) is 0 Å². The highest BCUT2D eigenvalue weighted by atomic mass is 35.5. The Morgan fingerprint density at radius 1 is 1.57 bits per heavy atom. The summed E-state index contributed by atoms with van der Waals surface area (Å²) in [5.41, 5.74) is 0. The zero-order valence-electron chi connectivity index (χ0n) is 7.83. The number of hydrogen-bond acceptors (Lipinski definition) is 3. The maximum absolute atomic E-state index is 11.2. The van der Waals surface area contributed by atoms with Crippen molar-refractivity contribution >= 4 is 23.5 Å². The summed E-state index contributed by atoms with van der Waals surface area (Å²) in [5, 5.41) is 2.46. The van der Waals surface area contributed by atoms with Crippen LogP contribution >= 0.6 is 11.6 Å². The van der Waals surface area contributed by atoms with E-state index in [4.69, 9.17) is 16.3 Å². The van der Waals surface area contributed by atoms with Crippen LogP contribution in [-0.4, -0.2) is 29.4 Å². The molecule has 14 heavy (non-hydrogen) atoms. The number of halogens is 1. The Bertz CT molecular complexity index is 281. The van der Waals surface area contributed by atoms with Gasteiger partial charge < -0.3 is 10.1 Å². The van der Waals surface area contributed by atoms with Crippen molar-refractivity contribution in [1.29, 1.82) is 0 Å². The van der Waals surface area contributed by atoms with E-state index in [1.54, 1.807) is 0 Å². The molecular formula is C9H12ClNO3. The molecule has 0 aromatic carbocycles. The second-order valence-corrected chi connectivity index (χ2v) is 4.40. The maximum atomic E-state index is 11.2. The third kappa shape index (κ3) is 1.59. The molecule has 2 bridgehead atoms. The minimum absolute atomic E-state index is 0.0770. The Hall–Kier alpha value is -0.770. The highest BCUT2D eigenvalue weighted by molar-refractivity contribution is 6.22. The van der Waals surface area contributed by atoms with Gasteiger partial charge in [0.25, 0.3) is 0 Å². The summed E-state index contributed by atoms with van der Waals surface area (Å²) in [6.45, 7) is 1.45. The third-order valence-corrected chi connectivity index (χ3v) is 3.37. The van der Waals surface area contributed by atoms with E-state index in [1.807, 2.05) is 0 Å². The van der Waals surface area contributed by atoms with Crippen LogP contribution in [0.5, 0.6) is 0 Å². The maximum Gasteiger partial charge on any atom is 0.309 e. The first-order valence-electron chi connectivity index (χ1n) is 4.69. The van der Waals surface area contributed by atoms with Gasteiger partial charge >= 0.3 is 5.97 Å². The largest absolute Gasteiger partial charge is 0.460 e. The molecule has 2 fully saturated rings. The lowest BCUT2D eigenvalue weighted by Crippen LogP contribution is -2.47. The highest BCUT2D eigenvalue weighted by Crippen LogP contribution is 2.37. The Morgan fingerprint density at radius 2 is 2.29 bits per heavy atom. The number of rotatable bonds is 1. The summed E-state index contributed by atoms with van der Waals surface area (Å²) in [6.07, 6.45) is 1.08. The van der Waals surface area contributed by atoms with Gasteiger partial charge in [-0.05, 0) is 12.8 Å². The fraction of sp³-hybridized carbons (Fsp3) is 0.778. The van der Waals surface area contributed by atoms with Gasteiger partial charge in [0.1, 0.15) is 6.10 Å². The Morgan fingerprint density at radius 3 is 2.93 bits per heavy atom. The number of carbonyl (C=O) groups is 2. The average Bonchev–Trinajstić information content (AvgIpc) is 2.39. The van der Waals surface area contributed by atoms with Gasteiger partial charge in [0, 0.05) is 13.0 Å². The fourth-order valence-electron chi connectivity index (χ4n) is 2.15. The van der Waals surface area contributed by atoms with Crippen LogP contribution in [0.3, 0.4) is 0 Å². The van der Waals surface area contributed by atoms with Crippen LogP contribution in [0.2, 0.25) is 0 Å². The van der Waals surface area contributed by atoms with Crippen LogP contribution in [0.4, 0.5) is 0 Å². The van der Waals surface area contributed by atoms with Gasteiger partial charge in [0.15, 0.2) is 0 Å². The Kier molecular flexibility index (Phi) is 2.39. The van der Waals surface area contributed by atoms with Crippen molar-refractivity contribution in [2.24, 2.45) is 5.92 Å². The summed E-state index contributed by atoms with van der Waals surface area (Å²) < 4.78 is 5.09. The van der Waals surface area contributed by atoms with E-state index in [2.05, 4.69) is 5.32 Å². The van der Waals surface area contributed by atoms with Gasteiger partial charge in [-0.1, -0.05) is 0 Å². The summed E-state index contributed by atoms with van der Waals surface area (Å²) in [5.74, 6) is -0.366. The normalized spacial score (nSPS) is 40.6. The minimum atomic E-state index is -0.290. The summed E-state index contributed by atoms with van der Waals surface area (Å²) in [4.78, 5) is 22.1. The number of alkyl halides is 1. The molecule has 1 aliphatic heterocycles. The van der Waals surface area contributed by atoms with E-state index in [0.29, 0.717) is 12.8 Å². The Labute approximate surface area is 86.9 Å². The van der Waals surface area contributed by atoms with Crippen molar-refractivity contribution in [3.05, 3.63) is 0 Å². The number of carbonyl (C=O) groups excluding carboxylic acids is 2. The monoisotopic (exact) mass is 217 g/mol. The smallest absolute Gasteiger partial charge is 0.309 e. The average molecular weight is 218 g/mol. The van der Waals surface area contributed by atoms with Crippen molar-refractivity contribution in [2.45, 2.75) is 37.3 Å². The first-order chi connectivity index (χ1) is 6.58. The molecule has 4 atom stereocenters. The number of nitrogens with one attached hydrogen (secondary N) is 1. The van der Waals surface area contributed by atoms with Gasteiger partial charge in [-0.2, -0.15) is 0 Å². The van der Waals surface area contributed by atoms with Gasteiger partial charge in [-0.15, -0.1) is 11.6 Å². The molecule has 4 nitrogen and oxygen atoms in total. The molecule has 2 rings (SSSR count). The number of amides is 1. The number of fused-ring (bicyclic) bond motifs is 2. The molecule has 0 unspecified atom stereocenters. The van der Waals surface area contributed by atoms with Crippen LogP contribution in [-0.2, 0) is 14.3 Å². The van der Waals surface area contributed by atoms with Crippen LogP contribution < -0.4 is 5.32 Å². The van der Waals surface area contributed by atoms with Gasteiger partial charge in [0.05, 0.1) is 11.3 Å². The van der Waals surface area contributed by atoms with E-state index in [1.165, 1.54) is 6.92 Å². The van der Waals surface area contributed by atoms with Gasteiger partial charge in [-0.3, -0.25) is 9.59 Å². The summed E-state index contributed by atoms with van der Waals surface area (Å²) >= 11 is 6.09. The molecule has 1 saturated carbocycles. The lowest BCUT2D eigenvalue weighted by Gasteiger charge is -2.29.